The van der Waals surface area contributed by atoms with Crippen LogP contribution in [0.25, 0.3) is 0 Å². The lowest BCUT2D eigenvalue weighted by atomic mass is 10.0. The highest BCUT2D eigenvalue weighted by Crippen LogP contribution is 2.25. The molecule has 0 aromatic carbocycles. The van der Waals surface area contributed by atoms with E-state index in [1.807, 2.05) is 12.3 Å². The Morgan fingerprint density at radius 2 is 2.00 bits per heavy atom. The predicted molar refractivity (Wildman–Crippen MR) is 55.9 cm³/mol. The fraction of sp³-hybridized carbons (Fsp3) is 0.545. The molecule has 0 saturated carbocycles. The third-order valence-electron chi connectivity index (χ3n) is 1.93. The summed E-state index contributed by atoms with van der Waals surface area (Å²) in [6.45, 7) is 4.35. The van der Waals surface area contributed by atoms with Crippen LogP contribution in [0.4, 0.5) is 0 Å². The molecule has 0 aliphatic rings. The van der Waals surface area contributed by atoms with Gasteiger partial charge in [-0.15, -0.1) is 0 Å². The average molecular weight is 195 g/mol. The van der Waals surface area contributed by atoms with E-state index in [0.717, 1.165) is 6.42 Å². The van der Waals surface area contributed by atoms with Crippen LogP contribution in [0.1, 0.15) is 19.4 Å². The van der Waals surface area contributed by atoms with E-state index in [-0.39, 0.29) is 0 Å². The molecule has 1 rings (SSSR count). The van der Waals surface area contributed by atoms with Crippen LogP contribution in [0.2, 0.25) is 0 Å². The second-order valence-electron chi connectivity index (χ2n) is 3.65. The third kappa shape index (κ3) is 2.62. The van der Waals surface area contributed by atoms with Gasteiger partial charge in [-0.25, -0.2) is 4.98 Å². The number of pyridine rings is 1. The number of nitrogens with zero attached hydrogens (tertiary/aromatic N) is 1. The topological polar surface area (TPSA) is 31.4 Å². The lowest BCUT2D eigenvalue weighted by molar-refractivity contribution is 0.342. The molecule has 0 saturated heterocycles. The summed E-state index contributed by atoms with van der Waals surface area (Å²) in [6.07, 6.45) is 2.84. The van der Waals surface area contributed by atoms with E-state index in [4.69, 9.17) is 9.47 Å². The summed E-state index contributed by atoms with van der Waals surface area (Å²) in [5, 5.41) is 0. The van der Waals surface area contributed by atoms with Crippen molar-refractivity contribution in [1.29, 1.82) is 0 Å². The highest BCUT2D eigenvalue weighted by Gasteiger charge is 2.06. The van der Waals surface area contributed by atoms with Gasteiger partial charge in [-0.3, -0.25) is 0 Å². The summed E-state index contributed by atoms with van der Waals surface area (Å²) in [7, 11) is 3.21. The SMILES string of the molecule is COc1cc(CC(C)C)cnc1OC. The predicted octanol–water partition coefficient (Wildman–Crippen LogP) is 2.30. The van der Waals surface area contributed by atoms with Crippen LogP contribution in [0, 0.1) is 5.92 Å². The smallest absolute Gasteiger partial charge is 0.256 e. The van der Waals surface area contributed by atoms with Crippen LogP contribution >= 0.6 is 0 Å². The van der Waals surface area contributed by atoms with E-state index in [1.165, 1.54) is 5.56 Å². The minimum absolute atomic E-state index is 0.542. The van der Waals surface area contributed by atoms with Crippen LogP contribution in [0.3, 0.4) is 0 Å². The van der Waals surface area contributed by atoms with E-state index in [1.54, 1.807) is 14.2 Å². The lowest BCUT2D eigenvalue weighted by Crippen LogP contribution is -1.98. The monoisotopic (exact) mass is 195 g/mol. The first kappa shape index (κ1) is 10.8. The Labute approximate surface area is 85.1 Å². The van der Waals surface area contributed by atoms with Crippen molar-refractivity contribution in [3.05, 3.63) is 17.8 Å². The number of hydrogen-bond donors (Lipinski definition) is 0. The van der Waals surface area contributed by atoms with Crippen molar-refractivity contribution in [3.63, 3.8) is 0 Å². The first-order valence-electron chi connectivity index (χ1n) is 4.74. The fourth-order valence-corrected chi connectivity index (χ4v) is 1.36. The Kier molecular flexibility index (Phi) is 3.74. The molecule has 0 fully saturated rings. The largest absolute Gasteiger partial charge is 0.491 e. The number of methoxy groups -OCH3 is 2. The molecule has 0 aliphatic carbocycles. The van der Waals surface area contributed by atoms with Gasteiger partial charge in [-0.05, 0) is 24.0 Å². The van der Waals surface area contributed by atoms with Gasteiger partial charge in [0.15, 0.2) is 5.75 Å². The van der Waals surface area contributed by atoms with Crippen LogP contribution in [-0.4, -0.2) is 19.2 Å². The Balaban J connectivity index is 2.89. The van der Waals surface area contributed by atoms with E-state index >= 15 is 0 Å². The van der Waals surface area contributed by atoms with Crippen molar-refractivity contribution in [2.75, 3.05) is 14.2 Å². The van der Waals surface area contributed by atoms with Crippen molar-refractivity contribution in [3.8, 4) is 11.6 Å². The zero-order chi connectivity index (χ0) is 10.6. The normalized spacial score (nSPS) is 10.4. The molecule has 0 aliphatic heterocycles. The van der Waals surface area contributed by atoms with E-state index in [2.05, 4.69) is 18.8 Å². The van der Waals surface area contributed by atoms with E-state index < -0.39 is 0 Å². The molecule has 0 N–H and O–H groups in total. The van der Waals surface area contributed by atoms with Crippen LogP contribution < -0.4 is 9.47 Å². The minimum Gasteiger partial charge on any atom is -0.491 e. The summed E-state index contributed by atoms with van der Waals surface area (Å²) in [5.74, 6) is 1.86. The second-order valence-corrected chi connectivity index (χ2v) is 3.65. The van der Waals surface area contributed by atoms with Crippen molar-refractivity contribution >= 4 is 0 Å². The summed E-state index contributed by atoms with van der Waals surface area (Å²) in [5.41, 5.74) is 1.18. The number of rotatable bonds is 4. The molecule has 3 heteroatoms. The van der Waals surface area contributed by atoms with Gasteiger partial charge in [0.2, 0.25) is 0 Å². The molecule has 1 aromatic heterocycles. The van der Waals surface area contributed by atoms with Crippen molar-refractivity contribution in [2.45, 2.75) is 20.3 Å². The molecule has 0 unspecified atom stereocenters. The molecule has 0 bridgehead atoms. The van der Waals surface area contributed by atoms with Gasteiger partial charge in [0.25, 0.3) is 5.88 Å². The average Bonchev–Trinajstić information content (AvgIpc) is 2.16. The van der Waals surface area contributed by atoms with Crippen molar-refractivity contribution < 1.29 is 9.47 Å². The van der Waals surface area contributed by atoms with Gasteiger partial charge in [-0.2, -0.15) is 0 Å². The fourth-order valence-electron chi connectivity index (χ4n) is 1.36. The van der Waals surface area contributed by atoms with Crippen molar-refractivity contribution in [1.82, 2.24) is 4.98 Å². The number of aromatic nitrogens is 1. The quantitative estimate of drug-likeness (QED) is 0.738. The highest BCUT2D eigenvalue weighted by molar-refractivity contribution is 5.36. The molecule has 1 heterocycles. The molecule has 0 spiro atoms. The summed E-state index contributed by atoms with van der Waals surface area (Å²) < 4.78 is 10.2. The van der Waals surface area contributed by atoms with E-state index in [0.29, 0.717) is 17.5 Å². The summed E-state index contributed by atoms with van der Waals surface area (Å²) in [4.78, 5) is 4.17. The summed E-state index contributed by atoms with van der Waals surface area (Å²) >= 11 is 0. The van der Waals surface area contributed by atoms with Crippen LogP contribution in [-0.2, 0) is 6.42 Å². The van der Waals surface area contributed by atoms with Crippen LogP contribution in [0.15, 0.2) is 12.3 Å². The summed E-state index contributed by atoms with van der Waals surface area (Å²) in [6, 6.07) is 1.98. The Hall–Kier alpha value is -1.25. The molecule has 0 radical (unpaired) electrons. The van der Waals surface area contributed by atoms with Gasteiger partial charge >= 0.3 is 0 Å². The zero-order valence-electron chi connectivity index (χ0n) is 9.20. The molecular formula is C11H17NO2. The van der Waals surface area contributed by atoms with Gasteiger partial charge < -0.3 is 9.47 Å². The zero-order valence-corrected chi connectivity index (χ0v) is 9.20. The second kappa shape index (κ2) is 4.84. The van der Waals surface area contributed by atoms with Gasteiger partial charge in [0, 0.05) is 6.20 Å². The third-order valence-corrected chi connectivity index (χ3v) is 1.93. The highest BCUT2D eigenvalue weighted by atomic mass is 16.5. The van der Waals surface area contributed by atoms with Gasteiger partial charge in [0.05, 0.1) is 14.2 Å². The standard InChI is InChI=1S/C11H17NO2/c1-8(2)5-9-6-10(13-3)11(14-4)12-7-9/h6-8H,5H2,1-4H3. The van der Waals surface area contributed by atoms with Gasteiger partial charge in [0.1, 0.15) is 0 Å². The Bertz CT molecular complexity index is 297. The molecule has 1 aromatic rings. The molecule has 14 heavy (non-hydrogen) atoms. The van der Waals surface area contributed by atoms with Crippen molar-refractivity contribution in [2.24, 2.45) is 5.92 Å². The first-order chi connectivity index (χ1) is 6.67. The maximum Gasteiger partial charge on any atom is 0.256 e. The molecular weight excluding hydrogens is 178 g/mol. The maximum absolute atomic E-state index is 5.17. The molecule has 0 amide bonds. The number of ether oxygens (including phenoxy) is 2. The Morgan fingerprint density at radius 1 is 1.29 bits per heavy atom. The molecule has 78 valence electrons. The minimum atomic E-state index is 0.542. The Morgan fingerprint density at radius 3 is 2.50 bits per heavy atom. The molecule has 3 nitrogen and oxygen atoms in total. The lowest BCUT2D eigenvalue weighted by Gasteiger charge is -2.09. The van der Waals surface area contributed by atoms with Gasteiger partial charge in [-0.1, -0.05) is 13.8 Å². The van der Waals surface area contributed by atoms with Crippen LogP contribution in [0.5, 0.6) is 11.6 Å². The number of hydrogen-bond acceptors (Lipinski definition) is 3. The first-order valence-corrected chi connectivity index (χ1v) is 4.74. The maximum atomic E-state index is 5.17. The van der Waals surface area contributed by atoms with E-state index in [9.17, 15) is 0 Å². The molecule has 0 atom stereocenters.